The highest BCUT2D eigenvalue weighted by Crippen LogP contribution is 2.34. The molecule has 0 radical (unpaired) electrons. The van der Waals surface area contributed by atoms with Crippen molar-refractivity contribution in [1.82, 2.24) is 0 Å². The second kappa shape index (κ2) is 5.79. The van der Waals surface area contributed by atoms with Crippen molar-refractivity contribution >= 4 is 33.0 Å². The lowest BCUT2D eigenvalue weighted by Gasteiger charge is -2.10. The number of nitro groups is 1. The van der Waals surface area contributed by atoms with Gasteiger partial charge >= 0.3 is 0 Å². The predicted octanol–water partition coefficient (Wildman–Crippen LogP) is 3.82. The van der Waals surface area contributed by atoms with Gasteiger partial charge in [-0.15, -0.1) is 0 Å². The number of methoxy groups -OCH3 is 1. The number of rotatable bonds is 4. The Labute approximate surface area is 123 Å². The minimum atomic E-state index is -0.468. The van der Waals surface area contributed by atoms with Crippen LogP contribution in [0.5, 0.6) is 11.5 Å². The van der Waals surface area contributed by atoms with E-state index >= 15 is 0 Å². The summed E-state index contributed by atoms with van der Waals surface area (Å²) >= 11 is 3.20. The zero-order valence-electron chi connectivity index (χ0n) is 10.5. The number of halogens is 1. The SMILES string of the molecule is COc1cc(Nc2ccc(Br)cc2[N+](=O)[O-])ccc1O. The summed E-state index contributed by atoms with van der Waals surface area (Å²) in [4.78, 5) is 10.6. The zero-order valence-corrected chi connectivity index (χ0v) is 12.0. The smallest absolute Gasteiger partial charge is 0.293 e. The molecule has 2 rings (SSSR count). The van der Waals surface area contributed by atoms with Gasteiger partial charge in [-0.1, -0.05) is 15.9 Å². The number of nitrogens with zero attached hydrogens (tertiary/aromatic N) is 1. The Morgan fingerprint density at radius 3 is 2.70 bits per heavy atom. The normalized spacial score (nSPS) is 10.1. The van der Waals surface area contributed by atoms with Crippen molar-refractivity contribution in [2.24, 2.45) is 0 Å². The van der Waals surface area contributed by atoms with E-state index < -0.39 is 4.92 Å². The monoisotopic (exact) mass is 338 g/mol. The number of aromatic hydroxyl groups is 1. The summed E-state index contributed by atoms with van der Waals surface area (Å²) in [5.74, 6) is 0.290. The number of ether oxygens (including phenoxy) is 1. The number of anilines is 2. The fourth-order valence-corrected chi connectivity index (χ4v) is 2.02. The largest absolute Gasteiger partial charge is 0.504 e. The molecule has 20 heavy (non-hydrogen) atoms. The highest BCUT2D eigenvalue weighted by atomic mass is 79.9. The highest BCUT2D eigenvalue weighted by Gasteiger charge is 2.14. The van der Waals surface area contributed by atoms with Crippen molar-refractivity contribution in [3.05, 3.63) is 51.0 Å². The third kappa shape index (κ3) is 3.00. The number of benzene rings is 2. The summed E-state index contributed by atoms with van der Waals surface area (Å²) in [5, 5.41) is 23.5. The van der Waals surface area contributed by atoms with Crippen molar-refractivity contribution in [2.75, 3.05) is 12.4 Å². The molecule has 0 amide bonds. The topological polar surface area (TPSA) is 84.6 Å². The average Bonchev–Trinajstić information content (AvgIpc) is 2.42. The second-order valence-electron chi connectivity index (χ2n) is 3.93. The van der Waals surface area contributed by atoms with Crippen LogP contribution in [0.1, 0.15) is 0 Å². The van der Waals surface area contributed by atoms with Crippen LogP contribution in [0.4, 0.5) is 17.1 Å². The van der Waals surface area contributed by atoms with E-state index in [4.69, 9.17) is 4.74 Å². The molecule has 0 bridgehead atoms. The molecule has 0 aliphatic rings. The van der Waals surface area contributed by atoms with Crippen LogP contribution < -0.4 is 10.1 Å². The molecule has 0 saturated heterocycles. The molecular formula is C13H11BrN2O4. The average molecular weight is 339 g/mol. The number of hydrogen-bond donors (Lipinski definition) is 2. The highest BCUT2D eigenvalue weighted by molar-refractivity contribution is 9.10. The van der Waals surface area contributed by atoms with Crippen molar-refractivity contribution in [3.8, 4) is 11.5 Å². The maximum Gasteiger partial charge on any atom is 0.293 e. The molecule has 0 aliphatic heterocycles. The zero-order chi connectivity index (χ0) is 14.7. The Balaban J connectivity index is 2.37. The molecule has 2 N–H and O–H groups in total. The van der Waals surface area contributed by atoms with Crippen LogP contribution in [0.25, 0.3) is 0 Å². The number of phenols is 1. The first-order valence-electron chi connectivity index (χ1n) is 5.59. The van der Waals surface area contributed by atoms with Gasteiger partial charge in [-0.05, 0) is 24.3 Å². The Morgan fingerprint density at radius 1 is 1.30 bits per heavy atom. The Kier molecular flexibility index (Phi) is 4.09. The lowest BCUT2D eigenvalue weighted by Crippen LogP contribution is -1.97. The van der Waals surface area contributed by atoms with E-state index in [-0.39, 0.29) is 17.2 Å². The molecule has 0 unspecified atom stereocenters. The minimum Gasteiger partial charge on any atom is -0.504 e. The van der Waals surface area contributed by atoms with Crippen LogP contribution in [0.2, 0.25) is 0 Å². The van der Waals surface area contributed by atoms with Crippen molar-refractivity contribution in [3.63, 3.8) is 0 Å². The van der Waals surface area contributed by atoms with E-state index in [9.17, 15) is 15.2 Å². The summed E-state index contributed by atoms with van der Waals surface area (Å²) in [6, 6.07) is 9.32. The summed E-state index contributed by atoms with van der Waals surface area (Å²) in [6.45, 7) is 0. The van der Waals surface area contributed by atoms with Gasteiger partial charge in [-0.2, -0.15) is 0 Å². The van der Waals surface area contributed by atoms with Crippen molar-refractivity contribution in [1.29, 1.82) is 0 Å². The van der Waals surface area contributed by atoms with E-state index in [1.165, 1.54) is 19.2 Å². The number of nitrogens with one attached hydrogen (secondary N) is 1. The van der Waals surface area contributed by atoms with Crippen LogP contribution in [-0.2, 0) is 0 Å². The quantitative estimate of drug-likeness (QED) is 0.503. The molecule has 0 spiro atoms. The molecule has 2 aromatic carbocycles. The second-order valence-corrected chi connectivity index (χ2v) is 4.85. The van der Waals surface area contributed by atoms with Gasteiger partial charge in [0.05, 0.1) is 12.0 Å². The number of nitro benzene ring substituents is 1. The summed E-state index contributed by atoms with van der Waals surface area (Å²) < 4.78 is 5.61. The van der Waals surface area contributed by atoms with Crippen molar-refractivity contribution < 1.29 is 14.8 Å². The molecule has 0 fully saturated rings. The lowest BCUT2D eigenvalue weighted by molar-refractivity contribution is -0.384. The van der Waals surface area contributed by atoms with Gasteiger partial charge in [-0.25, -0.2) is 0 Å². The van der Waals surface area contributed by atoms with E-state index in [1.807, 2.05) is 0 Å². The molecule has 7 heteroatoms. The van der Waals surface area contributed by atoms with E-state index in [2.05, 4.69) is 21.2 Å². The van der Waals surface area contributed by atoms with Gasteiger partial charge in [0.1, 0.15) is 5.69 Å². The third-order valence-electron chi connectivity index (χ3n) is 2.62. The first kappa shape index (κ1) is 14.1. The number of hydrogen-bond acceptors (Lipinski definition) is 5. The van der Waals surface area contributed by atoms with Crippen LogP contribution in [-0.4, -0.2) is 17.1 Å². The van der Waals surface area contributed by atoms with Gasteiger partial charge in [0.25, 0.3) is 5.69 Å². The molecule has 104 valence electrons. The van der Waals surface area contributed by atoms with Crippen LogP contribution in [0.15, 0.2) is 40.9 Å². The maximum absolute atomic E-state index is 11.0. The van der Waals surface area contributed by atoms with Gasteiger partial charge in [0.2, 0.25) is 0 Å². The molecular weight excluding hydrogens is 328 g/mol. The first-order chi connectivity index (χ1) is 9.51. The molecule has 0 aliphatic carbocycles. The van der Waals surface area contributed by atoms with Crippen molar-refractivity contribution in [2.45, 2.75) is 0 Å². The molecule has 0 aromatic heterocycles. The first-order valence-corrected chi connectivity index (χ1v) is 6.38. The minimum absolute atomic E-state index is 0.00311. The van der Waals surface area contributed by atoms with Gasteiger partial charge in [-0.3, -0.25) is 10.1 Å². The Morgan fingerprint density at radius 2 is 2.05 bits per heavy atom. The van der Waals surface area contributed by atoms with Gasteiger partial charge < -0.3 is 15.2 Å². The van der Waals surface area contributed by atoms with E-state index in [0.29, 0.717) is 15.8 Å². The Bertz CT molecular complexity index is 661. The van der Waals surface area contributed by atoms with Gasteiger partial charge in [0.15, 0.2) is 11.5 Å². The summed E-state index contributed by atoms with van der Waals surface area (Å²) in [5.41, 5.74) is 0.877. The molecule has 6 nitrogen and oxygen atoms in total. The van der Waals surface area contributed by atoms with Crippen LogP contribution in [0, 0.1) is 10.1 Å². The lowest BCUT2D eigenvalue weighted by atomic mass is 10.2. The third-order valence-corrected chi connectivity index (χ3v) is 3.11. The predicted molar refractivity (Wildman–Crippen MR) is 78.7 cm³/mol. The maximum atomic E-state index is 11.0. The van der Waals surface area contributed by atoms with Gasteiger partial charge in [0, 0.05) is 22.3 Å². The summed E-state index contributed by atoms with van der Waals surface area (Å²) in [6.07, 6.45) is 0. The standard InChI is InChI=1S/C13H11BrN2O4/c1-20-13-7-9(3-5-12(13)17)15-10-4-2-8(14)6-11(10)16(18)19/h2-7,15,17H,1H3. The number of phenolic OH excluding ortho intramolecular Hbond substituents is 1. The molecule has 0 saturated carbocycles. The molecule has 0 atom stereocenters. The fourth-order valence-electron chi connectivity index (χ4n) is 1.67. The van der Waals surface area contributed by atoms with E-state index in [1.54, 1.807) is 24.3 Å². The molecule has 2 aromatic rings. The summed E-state index contributed by atoms with van der Waals surface area (Å²) in [7, 11) is 1.43. The molecule has 0 heterocycles. The van der Waals surface area contributed by atoms with Crippen LogP contribution in [0.3, 0.4) is 0 Å². The van der Waals surface area contributed by atoms with Crippen LogP contribution >= 0.6 is 15.9 Å². The Hall–Kier alpha value is -2.28. The van der Waals surface area contributed by atoms with E-state index in [0.717, 1.165) is 0 Å². The fraction of sp³-hybridized carbons (Fsp3) is 0.0769.